The molecule has 0 spiro atoms. The highest BCUT2D eigenvalue weighted by atomic mass is 16.2. The summed E-state index contributed by atoms with van der Waals surface area (Å²) in [6.07, 6.45) is 2.18. The van der Waals surface area contributed by atoms with Gasteiger partial charge in [0.2, 0.25) is 0 Å². The molecule has 2 heterocycles. The fourth-order valence-electron chi connectivity index (χ4n) is 2.21. The van der Waals surface area contributed by atoms with Crippen LogP contribution in [-0.4, -0.2) is 28.9 Å². The molecule has 0 unspecified atom stereocenters. The molecular weight excluding hydrogens is 214 g/mol. The highest BCUT2D eigenvalue weighted by Crippen LogP contribution is 2.19. The van der Waals surface area contributed by atoms with Crippen molar-refractivity contribution in [1.29, 1.82) is 0 Å². The zero-order chi connectivity index (χ0) is 12.4. The molecule has 2 rings (SSSR count). The van der Waals surface area contributed by atoms with Crippen molar-refractivity contribution in [3.63, 3.8) is 0 Å². The summed E-state index contributed by atoms with van der Waals surface area (Å²) in [5.41, 5.74) is 7.11. The molecule has 1 fully saturated rings. The van der Waals surface area contributed by atoms with E-state index in [0.29, 0.717) is 11.4 Å². The van der Waals surface area contributed by atoms with Crippen LogP contribution in [0.15, 0.2) is 12.1 Å². The predicted molar refractivity (Wildman–Crippen MR) is 67.7 cm³/mol. The zero-order valence-electron chi connectivity index (χ0n) is 10.4. The number of aryl methyl sites for hydroxylation is 1. The molecule has 17 heavy (non-hydrogen) atoms. The average Bonchev–Trinajstić information content (AvgIpc) is 2.28. The van der Waals surface area contributed by atoms with Gasteiger partial charge >= 0.3 is 0 Å². The van der Waals surface area contributed by atoms with Crippen molar-refractivity contribution in [2.24, 2.45) is 5.92 Å². The van der Waals surface area contributed by atoms with Gasteiger partial charge in [-0.2, -0.15) is 0 Å². The van der Waals surface area contributed by atoms with Crippen molar-refractivity contribution in [1.82, 2.24) is 9.88 Å². The lowest BCUT2D eigenvalue weighted by Crippen LogP contribution is -2.38. The number of piperidine rings is 1. The van der Waals surface area contributed by atoms with Crippen molar-refractivity contribution in [3.8, 4) is 0 Å². The summed E-state index contributed by atoms with van der Waals surface area (Å²) >= 11 is 0. The Bertz CT molecular complexity index is 402. The average molecular weight is 233 g/mol. The van der Waals surface area contributed by atoms with Gasteiger partial charge in [0.05, 0.1) is 0 Å². The number of aromatic nitrogens is 1. The number of nitrogen functional groups attached to an aromatic ring is 1. The number of rotatable bonds is 1. The van der Waals surface area contributed by atoms with Crippen molar-refractivity contribution < 1.29 is 4.79 Å². The SMILES string of the molecule is Cc1cc(C(=O)N2CCC(C)CC2)cc(N)n1. The van der Waals surface area contributed by atoms with Gasteiger partial charge in [0.25, 0.3) is 5.91 Å². The van der Waals surface area contributed by atoms with Gasteiger partial charge in [0.15, 0.2) is 0 Å². The van der Waals surface area contributed by atoms with E-state index in [-0.39, 0.29) is 5.91 Å². The molecule has 0 radical (unpaired) electrons. The van der Waals surface area contributed by atoms with E-state index >= 15 is 0 Å². The van der Waals surface area contributed by atoms with Gasteiger partial charge in [-0.15, -0.1) is 0 Å². The summed E-state index contributed by atoms with van der Waals surface area (Å²) in [6, 6.07) is 3.46. The highest BCUT2D eigenvalue weighted by molar-refractivity contribution is 5.95. The Hall–Kier alpha value is -1.58. The van der Waals surface area contributed by atoms with E-state index in [1.165, 1.54) is 0 Å². The molecule has 0 aliphatic carbocycles. The van der Waals surface area contributed by atoms with Crippen molar-refractivity contribution in [3.05, 3.63) is 23.4 Å². The normalized spacial score (nSPS) is 17.2. The van der Waals surface area contributed by atoms with Crippen LogP contribution in [0.1, 0.15) is 35.8 Å². The van der Waals surface area contributed by atoms with Crippen LogP contribution in [-0.2, 0) is 0 Å². The third-order valence-electron chi connectivity index (χ3n) is 3.29. The summed E-state index contributed by atoms with van der Waals surface area (Å²) in [5.74, 6) is 1.22. The maximum atomic E-state index is 12.3. The van der Waals surface area contributed by atoms with E-state index < -0.39 is 0 Å². The summed E-state index contributed by atoms with van der Waals surface area (Å²) in [6.45, 7) is 5.78. The van der Waals surface area contributed by atoms with Gasteiger partial charge in [-0.25, -0.2) is 4.98 Å². The molecule has 4 nitrogen and oxygen atoms in total. The second-order valence-corrected chi connectivity index (χ2v) is 4.90. The van der Waals surface area contributed by atoms with Crippen molar-refractivity contribution in [2.45, 2.75) is 26.7 Å². The van der Waals surface area contributed by atoms with E-state index in [2.05, 4.69) is 11.9 Å². The molecule has 0 aromatic carbocycles. The first kappa shape index (κ1) is 11.9. The van der Waals surface area contributed by atoms with Gasteiger partial charge in [0.1, 0.15) is 5.82 Å². The largest absolute Gasteiger partial charge is 0.384 e. The first-order valence-corrected chi connectivity index (χ1v) is 6.09. The highest BCUT2D eigenvalue weighted by Gasteiger charge is 2.21. The topological polar surface area (TPSA) is 59.2 Å². The standard InChI is InChI=1S/C13H19N3O/c1-9-3-5-16(6-4-9)13(17)11-7-10(2)15-12(14)8-11/h7-9H,3-6H2,1-2H3,(H2,14,15). The number of nitrogens with zero attached hydrogens (tertiary/aromatic N) is 2. The summed E-state index contributed by atoms with van der Waals surface area (Å²) < 4.78 is 0. The van der Waals surface area contributed by atoms with E-state index in [4.69, 9.17) is 5.73 Å². The maximum absolute atomic E-state index is 12.3. The molecule has 1 aliphatic heterocycles. The number of hydrogen-bond acceptors (Lipinski definition) is 3. The Morgan fingerprint density at radius 3 is 2.65 bits per heavy atom. The lowest BCUT2D eigenvalue weighted by atomic mass is 9.98. The fourth-order valence-corrected chi connectivity index (χ4v) is 2.21. The van der Waals surface area contributed by atoms with E-state index in [9.17, 15) is 4.79 Å². The number of hydrogen-bond donors (Lipinski definition) is 1. The van der Waals surface area contributed by atoms with Crippen LogP contribution in [0.2, 0.25) is 0 Å². The van der Waals surface area contributed by atoms with Crippen molar-refractivity contribution >= 4 is 11.7 Å². The summed E-state index contributed by atoms with van der Waals surface area (Å²) in [7, 11) is 0. The lowest BCUT2D eigenvalue weighted by Gasteiger charge is -2.30. The lowest BCUT2D eigenvalue weighted by molar-refractivity contribution is 0.0697. The molecule has 0 saturated carbocycles. The van der Waals surface area contributed by atoms with E-state index in [1.807, 2.05) is 11.8 Å². The first-order valence-electron chi connectivity index (χ1n) is 6.09. The number of likely N-dealkylation sites (tertiary alicyclic amines) is 1. The van der Waals surface area contributed by atoms with Crippen LogP contribution in [0, 0.1) is 12.8 Å². The van der Waals surface area contributed by atoms with Gasteiger partial charge in [-0.3, -0.25) is 4.79 Å². The minimum Gasteiger partial charge on any atom is -0.384 e. The molecule has 1 amide bonds. The second kappa shape index (κ2) is 4.73. The number of carbonyl (C=O) groups is 1. The number of nitrogens with two attached hydrogens (primary N) is 1. The van der Waals surface area contributed by atoms with Gasteiger partial charge in [-0.1, -0.05) is 6.92 Å². The molecular formula is C13H19N3O. The molecule has 4 heteroatoms. The Labute approximate surface area is 102 Å². The zero-order valence-corrected chi connectivity index (χ0v) is 10.4. The minimum absolute atomic E-state index is 0.0779. The molecule has 0 bridgehead atoms. The van der Waals surface area contributed by atoms with Crippen molar-refractivity contribution in [2.75, 3.05) is 18.8 Å². The summed E-state index contributed by atoms with van der Waals surface area (Å²) in [5, 5.41) is 0. The van der Waals surface area contributed by atoms with Crippen LogP contribution in [0.5, 0.6) is 0 Å². The minimum atomic E-state index is 0.0779. The van der Waals surface area contributed by atoms with Gasteiger partial charge in [0, 0.05) is 24.3 Å². The van der Waals surface area contributed by atoms with Crippen LogP contribution >= 0.6 is 0 Å². The second-order valence-electron chi connectivity index (χ2n) is 4.90. The van der Waals surface area contributed by atoms with Crippen LogP contribution in [0.25, 0.3) is 0 Å². The molecule has 0 atom stereocenters. The molecule has 1 aromatic heterocycles. The molecule has 1 aliphatic rings. The van der Waals surface area contributed by atoms with Gasteiger partial charge in [-0.05, 0) is 37.8 Å². The quantitative estimate of drug-likeness (QED) is 0.805. The van der Waals surface area contributed by atoms with Crippen LogP contribution < -0.4 is 5.73 Å². The Balaban J connectivity index is 2.14. The Kier molecular flexibility index (Phi) is 3.31. The Morgan fingerprint density at radius 1 is 1.41 bits per heavy atom. The predicted octanol–water partition coefficient (Wildman–Crippen LogP) is 1.84. The van der Waals surface area contributed by atoms with E-state index in [0.717, 1.165) is 37.5 Å². The number of amides is 1. The maximum Gasteiger partial charge on any atom is 0.254 e. The molecule has 1 saturated heterocycles. The molecule has 1 aromatic rings. The molecule has 92 valence electrons. The first-order chi connectivity index (χ1) is 8.06. The Morgan fingerprint density at radius 2 is 2.06 bits per heavy atom. The smallest absolute Gasteiger partial charge is 0.254 e. The molecule has 2 N–H and O–H groups in total. The van der Waals surface area contributed by atoms with Crippen LogP contribution in [0.3, 0.4) is 0 Å². The third-order valence-corrected chi connectivity index (χ3v) is 3.29. The summed E-state index contributed by atoms with van der Waals surface area (Å²) in [4.78, 5) is 18.2. The van der Waals surface area contributed by atoms with Crippen LogP contribution in [0.4, 0.5) is 5.82 Å². The van der Waals surface area contributed by atoms with Gasteiger partial charge < -0.3 is 10.6 Å². The monoisotopic (exact) mass is 233 g/mol. The number of anilines is 1. The number of pyridine rings is 1. The van der Waals surface area contributed by atoms with E-state index in [1.54, 1.807) is 12.1 Å². The third kappa shape index (κ3) is 2.75. The number of carbonyl (C=O) groups excluding carboxylic acids is 1. The fraction of sp³-hybridized carbons (Fsp3) is 0.538.